The Morgan fingerprint density at radius 3 is 2.25 bits per heavy atom. The number of hydrogen-bond acceptors (Lipinski definition) is 3. The van der Waals surface area contributed by atoms with Gasteiger partial charge in [-0.15, -0.1) is 0 Å². The lowest BCUT2D eigenvalue weighted by molar-refractivity contribution is -0.119. The molecule has 3 aromatic carbocycles. The molecule has 0 unspecified atom stereocenters. The zero-order chi connectivity index (χ0) is 23.1. The molecule has 0 aliphatic carbocycles. The van der Waals surface area contributed by atoms with Crippen molar-refractivity contribution >= 4 is 44.8 Å². The third-order valence-corrected chi connectivity index (χ3v) is 7.32. The number of halogens is 2. The number of hydrogen-bond donors (Lipinski definition) is 1. The fourth-order valence-electron chi connectivity index (χ4n) is 3.15. The molecule has 0 fully saturated rings. The van der Waals surface area contributed by atoms with Crippen molar-refractivity contribution in [3.05, 3.63) is 94.0 Å². The van der Waals surface area contributed by atoms with Gasteiger partial charge in [0.1, 0.15) is 6.54 Å². The van der Waals surface area contributed by atoms with Crippen molar-refractivity contribution in [3.8, 4) is 0 Å². The van der Waals surface area contributed by atoms with Gasteiger partial charge in [-0.3, -0.25) is 9.10 Å². The molecular formula is C24H24Cl2N2O3S. The smallest absolute Gasteiger partial charge is 0.264 e. The lowest BCUT2D eigenvalue weighted by Gasteiger charge is -2.24. The highest BCUT2D eigenvalue weighted by Gasteiger charge is 2.27. The predicted octanol–water partition coefficient (Wildman–Crippen LogP) is 5.25. The summed E-state index contributed by atoms with van der Waals surface area (Å²) in [6.07, 6.45) is 1.40. The molecule has 0 spiro atoms. The summed E-state index contributed by atoms with van der Waals surface area (Å²) in [6.45, 7) is 1.99. The number of anilines is 1. The number of sulfonamides is 1. The van der Waals surface area contributed by atoms with Crippen LogP contribution in [0.3, 0.4) is 0 Å². The van der Waals surface area contributed by atoms with Crippen LogP contribution in [0.15, 0.2) is 77.7 Å². The third kappa shape index (κ3) is 6.25. The van der Waals surface area contributed by atoms with Crippen LogP contribution in [0.5, 0.6) is 0 Å². The standard InChI is InChI=1S/C24H24Cl2N2O3S/c1-18-8-12-21(13-9-18)28(32(30,31)22-14-10-20(25)11-15-22)17-24(29)27-16-4-6-19-5-2-3-7-23(19)26/h2-3,5,7-15H,4,6,16-17H2,1H3,(H,27,29). The van der Waals surface area contributed by atoms with Crippen molar-refractivity contribution in [2.45, 2.75) is 24.7 Å². The van der Waals surface area contributed by atoms with E-state index in [9.17, 15) is 13.2 Å². The molecule has 168 valence electrons. The zero-order valence-corrected chi connectivity index (χ0v) is 19.9. The van der Waals surface area contributed by atoms with Gasteiger partial charge in [0.25, 0.3) is 10.0 Å². The lowest BCUT2D eigenvalue weighted by Crippen LogP contribution is -2.41. The van der Waals surface area contributed by atoms with E-state index in [-0.39, 0.29) is 17.3 Å². The first-order valence-corrected chi connectivity index (χ1v) is 12.3. The van der Waals surface area contributed by atoms with Crippen molar-refractivity contribution in [3.63, 3.8) is 0 Å². The Kier molecular flexibility index (Phi) is 8.18. The van der Waals surface area contributed by atoms with Gasteiger partial charge in [0.05, 0.1) is 10.6 Å². The Morgan fingerprint density at radius 2 is 1.59 bits per heavy atom. The van der Waals surface area contributed by atoms with Gasteiger partial charge >= 0.3 is 0 Å². The number of rotatable bonds is 9. The van der Waals surface area contributed by atoms with E-state index in [1.807, 2.05) is 31.2 Å². The van der Waals surface area contributed by atoms with E-state index < -0.39 is 10.0 Å². The van der Waals surface area contributed by atoms with Crippen LogP contribution in [0.25, 0.3) is 0 Å². The molecule has 3 aromatic rings. The minimum absolute atomic E-state index is 0.0639. The maximum atomic E-state index is 13.3. The number of amides is 1. The Hall–Kier alpha value is -2.54. The van der Waals surface area contributed by atoms with Gasteiger partial charge < -0.3 is 5.32 Å². The van der Waals surface area contributed by atoms with E-state index in [0.717, 1.165) is 15.4 Å². The fraction of sp³-hybridized carbons (Fsp3) is 0.208. The van der Waals surface area contributed by atoms with Crippen LogP contribution in [0, 0.1) is 6.92 Å². The summed E-state index contributed by atoms with van der Waals surface area (Å²) in [7, 11) is -3.96. The molecule has 8 heteroatoms. The second kappa shape index (κ2) is 10.9. The normalized spacial score (nSPS) is 11.2. The molecule has 3 rings (SSSR count). The average molecular weight is 491 g/mol. The monoisotopic (exact) mass is 490 g/mol. The highest BCUT2D eigenvalue weighted by molar-refractivity contribution is 7.92. The summed E-state index contributed by atoms with van der Waals surface area (Å²) >= 11 is 12.1. The molecule has 1 N–H and O–H groups in total. The molecule has 1 amide bonds. The van der Waals surface area contributed by atoms with Gasteiger partial charge in [0.2, 0.25) is 5.91 Å². The molecule has 32 heavy (non-hydrogen) atoms. The molecule has 5 nitrogen and oxygen atoms in total. The highest BCUT2D eigenvalue weighted by Crippen LogP contribution is 2.25. The number of aryl methyl sites for hydroxylation is 2. The van der Waals surface area contributed by atoms with E-state index in [0.29, 0.717) is 35.1 Å². The van der Waals surface area contributed by atoms with E-state index in [4.69, 9.17) is 23.2 Å². The summed E-state index contributed by atoms with van der Waals surface area (Å²) in [5, 5.41) is 3.93. The summed E-state index contributed by atoms with van der Waals surface area (Å²) in [6, 6.07) is 20.4. The van der Waals surface area contributed by atoms with Crippen LogP contribution >= 0.6 is 23.2 Å². The first kappa shape index (κ1) is 24.1. The topological polar surface area (TPSA) is 66.5 Å². The van der Waals surface area contributed by atoms with Crippen molar-refractivity contribution < 1.29 is 13.2 Å². The molecule has 0 aromatic heterocycles. The Labute approximate surface area is 199 Å². The molecule has 0 bridgehead atoms. The molecule has 0 heterocycles. The van der Waals surface area contributed by atoms with Crippen LogP contribution in [-0.4, -0.2) is 27.4 Å². The van der Waals surface area contributed by atoms with E-state index in [1.54, 1.807) is 24.3 Å². The summed E-state index contributed by atoms with van der Waals surface area (Å²) in [4.78, 5) is 12.7. The van der Waals surface area contributed by atoms with Crippen LogP contribution in [-0.2, 0) is 21.2 Å². The summed E-state index contributed by atoms with van der Waals surface area (Å²) in [5.41, 5.74) is 2.41. The molecular weight excluding hydrogens is 467 g/mol. The number of nitrogens with one attached hydrogen (secondary N) is 1. The van der Waals surface area contributed by atoms with Crippen LogP contribution in [0.2, 0.25) is 10.0 Å². The second-order valence-corrected chi connectivity index (χ2v) is 10.1. The number of carbonyl (C=O) groups excluding carboxylic acids is 1. The minimum Gasteiger partial charge on any atom is -0.355 e. The molecule has 0 saturated heterocycles. The molecule has 0 atom stereocenters. The fourth-order valence-corrected chi connectivity index (χ4v) is 4.93. The van der Waals surface area contributed by atoms with Gasteiger partial charge in [-0.1, -0.05) is 59.1 Å². The Bertz CT molecular complexity index is 1160. The molecule has 0 radical (unpaired) electrons. The SMILES string of the molecule is Cc1ccc(N(CC(=O)NCCCc2ccccc2Cl)S(=O)(=O)c2ccc(Cl)cc2)cc1. The highest BCUT2D eigenvalue weighted by atomic mass is 35.5. The summed E-state index contributed by atoms with van der Waals surface area (Å²) < 4.78 is 27.7. The van der Waals surface area contributed by atoms with Crippen molar-refractivity contribution in [1.29, 1.82) is 0 Å². The maximum absolute atomic E-state index is 13.3. The largest absolute Gasteiger partial charge is 0.355 e. The number of carbonyl (C=O) groups is 1. The Morgan fingerprint density at radius 1 is 0.938 bits per heavy atom. The summed E-state index contributed by atoms with van der Waals surface area (Å²) in [5.74, 6) is -0.387. The van der Waals surface area contributed by atoms with Gasteiger partial charge in [0.15, 0.2) is 0 Å². The number of benzene rings is 3. The number of nitrogens with zero attached hydrogens (tertiary/aromatic N) is 1. The molecule has 0 aliphatic heterocycles. The van der Waals surface area contributed by atoms with Crippen LogP contribution < -0.4 is 9.62 Å². The van der Waals surface area contributed by atoms with E-state index >= 15 is 0 Å². The van der Waals surface area contributed by atoms with Crippen molar-refractivity contribution in [2.24, 2.45) is 0 Å². The first-order chi connectivity index (χ1) is 15.3. The Balaban J connectivity index is 1.71. The quantitative estimate of drug-likeness (QED) is 0.416. The van der Waals surface area contributed by atoms with Crippen molar-refractivity contribution in [1.82, 2.24) is 5.32 Å². The van der Waals surface area contributed by atoms with Crippen LogP contribution in [0.4, 0.5) is 5.69 Å². The van der Waals surface area contributed by atoms with E-state index in [2.05, 4.69) is 5.32 Å². The maximum Gasteiger partial charge on any atom is 0.264 e. The molecule has 0 saturated carbocycles. The van der Waals surface area contributed by atoms with Gasteiger partial charge in [-0.05, 0) is 67.8 Å². The zero-order valence-electron chi connectivity index (χ0n) is 17.6. The van der Waals surface area contributed by atoms with Crippen molar-refractivity contribution in [2.75, 3.05) is 17.4 Å². The molecule has 0 aliphatic rings. The minimum atomic E-state index is -3.96. The van der Waals surface area contributed by atoms with Crippen LogP contribution in [0.1, 0.15) is 17.5 Å². The van der Waals surface area contributed by atoms with Gasteiger partial charge in [-0.25, -0.2) is 8.42 Å². The van der Waals surface area contributed by atoms with Gasteiger partial charge in [0, 0.05) is 16.6 Å². The predicted molar refractivity (Wildman–Crippen MR) is 130 cm³/mol. The van der Waals surface area contributed by atoms with Gasteiger partial charge in [-0.2, -0.15) is 0 Å². The second-order valence-electron chi connectivity index (χ2n) is 7.35. The van der Waals surface area contributed by atoms with E-state index in [1.165, 1.54) is 24.3 Å². The third-order valence-electron chi connectivity index (χ3n) is 4.91. The average Bonchev–Trinajstić information content (AvgIpc) is 2.77. The first-order valence-electron chi connectivity index (χ1n) is 10.1. The lowest BCUT2D eigenvalue weighted by atomic mass is 10.1.